The van der Waals surface area contributed by atoms with Crippen LogP contribution in [0.15, 0.2) is 60.7 Å². The Hall–Kier alpha value is -1.02. The Bertz CT molecular complexity index is 825. The van der Waals surface area contributed by atoms with Crippen LogP contribution in [0.5, 0.6) is 0 Å². The summed E-state index contributed by atoms with van der Waals surface area (Å²) in [7, 11) is -2.82. The first-order valence-electron chi connectivity index (χ1n) is 10.9. The van der Waals surface area contributed by atoms with Crippen LogP contribution in [0.4, 0.5) is 0 Å². The Morgan fingerprint density at radius 3 is 1.41 bits per heavy atom. The molecule has 0 amide bonds. The number of rotatable bonds is 7. The molecule has 2 aliphatic rings. The van der Waals surface area contributed by atoms with Crippen molar-refractivity contribution < 1.29 is 18.8 Å². The van der Waals surface area contributed by atoms with Crippen molar-refractivity contribution in [3.63, 3.8) is 0 Å². The molecule has 8 nitrogen and oxygen atoms in total. The summed E-state index contributed by atoms with van der Waals surface area (Å²) in [4.78, 5) is 26.8. The van der Waals surface area contributed by atoms with Crippen molar-refractivity contribution in [1.29, 1.82) is 0 Å². The molecule has 0 spiro atoms. The summed E-state index contributed by atoms with van der Waals surface area (Å²) in [5, 5.41) is 6.10. The van der Waals surface area contributed by atoms with E-state index in [1.165, 1.54) is 0 Å². The third-order valence-electron chi connectivity index (χ3n) is 6.40. The van der Waals surface area contributed by atoms with E-state index >= 15 is 0 Å². The first-order chi connectivity index (χ1) is 15.3. The second-order valence-electron chi connectivity index (χ2n) is 8.36. The van der Waals surface area contributed by atoms with E-state index in [1.54, 1.807) is 23.4 Å². The number of nitrogens with zero attached hydrogens (tertiary/aromatic N) is 2. The van der Waals surface area contributed by atoms with Gasteiger partial charge in [0.05, 0.1) is 25.2 Å². The van der Waals surface area contributed by atoms with E-state index in [9.17, 15) is 9.79 Å². The summed E-state index contributed by atoms with van der Waals surface area (Å²) in [6.45, 7) is 4.65. The lowest BCUT2D eigenvalue weighted by molar-refractivity contribution is -0.206. The number of hydrogen-bond donors (Lipinski definition) is 2. The van der Waals surface area contributed by atoms with Gasteiger partial charge in [-0.3, -0.25) is 0 Å². The molecule has 2 aliphatic heterocycles. The molecule has 10 heteroatoms. The SMILES string of the molecule is C[C@H]1[C@@H](c2ccccc2)O[P+]([O-])(NCCN[P+]2([O-])O[C@H](c3ccccc3)[C@H](C)N2C)N1C. The molecule has 0 bridgehead atoms. The lowest BCUT2D eigenvalue weighted by atomic mass is 10.0. The molecule has 2 unspecified atom stereocenters. The number of likely N-dealkylation sites (N-methyl/N-ethyl adjacent to an activating group) is 2. The lowest BCUT2D eigenvalue weighted by Crippen LogP contribution is -2.42. The van der Waals surface area contributed by atoms with Crippen molar-refractivity contribution >= 4 is 16.0 Å². The van der Waals surface area contributed by atoms with Crippen LogP contribution in [0.1, 0.15) is 37.2 Å². The third kappa shape index (κ3) is 4.63. The van der Waals surface area contributed by atoms with Crippen LogP contribution in [0.3, 0.4) is 0 Å². The molecule has 32 heavy (non-hydrogen) atoms. The summed E-state index contributed by atoms with van der Waals surface area (Å²) in [5.41, 5.74) is 1.99. The molecular formula is C22H32N4O4P2. The van der Waals surface area contributed by atoms with Crippen LogP contribution in [0.25, 0.3) is 0 Å². The Morgan fingerprint density at radius 1 is 0.719 bits per heavy atom. The minimum atomic E-state index is -3.21. The van der Waals surface area contributed by atoms with Gasteiger partial charge in [-0.2, -0.15) is 19.2 Å². The normalized spacial score (nSPS) is 36.1. The maximum atomic E-state index is 13.4. The van der Waals surface area contributed by atoms with E-state index in [4.69, 9.17) is 9.05 Å². The van der Waals surface area contributed by atoms with Gasteiger partial charge in [0.1, 0.15) is 12.2 Å². The first-order valence-corrected chi connectivity index (χ1v) is 14.0. The second-order valence-corrected chi connectivity index (χ2v) is 12.8. The van der Waals surface area contributed by atoms with E-state index in [1.807, 2.05) is 74.5 Å². The van der Waals surface area contributed by atoms with Crippen LogP contribution >= 0.6 is 16.0 Å². The molecular weight excluding hydrogens is 446 g/mol. The summed E-state index contributed by atoms with van der Waals surface area (Å²) < 4.78 is 15.5. The zero-order valence-corrected chi connectivity index (χ0v) is 20.7. The van der Waals surface area contributed by atoms with E-state index in [2.05, 4.69) is 10.2 Å². The molecule has 4 rings (SSSR count). The Balaban J connectivity index is 1.33. The highest BCUT2D eigenvalue weighted by Crippen LogP contribution is 2.63. The smallest absolute Gasteiger partial charge is 0.251 e. The average Bonchev–Trinajstić information content (AvgIpc) is 3.18. The first kappa shape index (κ1) is 24.1. The molecule has 6 atom stereocenters. The van der Waals surface area contributed by atoms with Crippen molar-refractivity contribution in [3.05, 3.63) is 71.8 Å². The van der Waals surface area contributed by atoms with Gasteiger partial charge in [-0.1, -0.05) is 60.7 Å². The highest BCUT2D eigenvalue weighted by molar-refractivity contribution is 7.60. The maximum absolute atomic E-state index is 13.4. The number of nitrogens with one attached hydrogen (secondary N) is 2. The van der Waals surface area contributed by atoms with Gasteiger partial charge in [-0.05, 0) is 25.0 Å². The van der Waals surface area contributed by atoms with Gasteiger partial charge in [-0.25, -0.2) is 0 Å². The number of hydrogen-bond acceptors (Lipinski definition) is 8. The van der Waals surface area contributed by atoms with Crippen molar-refractivity contribution in [2.45, 2.75) is 38.1 Å². The quantitative estimate of drug-likeness (QED) is 0.463. The van der Waals surface area contributed by atoms with Crippen molar-refractivity contribution in [2.24, 2.45) is 0 Å². The fourth-order valence-corrected chi connectivity index (χ4v) is 8.25. The molecule has 2 fully saturated rings. The Labute approximate surface area is 191 Å². The molecule has 2 saturated heterocycles. The zero-order chi connectivity index (χ0) is 22.9. The molecule has 0 aromatic heterocycles. The monoisotopic (exact) mass is 478 g/mol. The molecule has 2 heterocycles. The van der Waals surface area contributed by atoms with Gasteiger partial charge in [0, 0.05) is 14.1 Å². The molecule has 2 aromatic rings. The molecule has 0 aliphatic carbocycles. The molecule has 0 radical (unpaired) electrons. The van der Waals surface area contributed by atoms with Gasteiger partial charge < -0.3 is 9.79 Å². The van der Waals surface area contributed by atoms with Gasteiger partial charge >= 0.3 is 0 Å². The highest BCUT2D eigenvalue weighted by atomic mass is 31.2. The third-order valence-corrected chi connectivity index (χ3v) is 11.1. The largest absolute Gasteiger partial charge is 0.626 e. The minimum absolute atomic E-state index is 0.0428. The van der Waals surface area contributed by atoms with E-state index < -0.39 is 16.0 Å². The van der Waals surface area contributed by atoms with Crippen LogP contribution < -0.4 is 20.0 Å². The van der Waals surface area contributed by atoms with Gasteiger partial charge in [0.25, 0.3) is 16.0 Å². The topological polar surface area (TPSA) is 95.1 Å². The van der Waals surface area contributed by atoms with E-state index in [-0.39, 0.29) is 24.3 Å². The number of benzene rings is 2. The second kappa shape index (κ2) is 9.69. The Morgan fingerprint density at radius 2 is 1.06 bits per heavy atom. The van der Waals surface area contributed by atoms with Crippen molar-refractivity contribution in [2.75, 3.05) is 27.2 Å². The van der Waals surface area contributed by atoms with E-state index in [0.717, 1.165) is 11.1 Å². The van der Waals surface area contributed by atoms with Crippen LogP contribution in [-0.2, 0) is 9.05 Å². The molecule has 0 saturated carbocycles. The van der Waals surface area contributed by atoms with Gasteiger partial charge in [-0.15, -0.1) is 9.34 Å². The predicted octanol–water partition coefficient (Wildman–Crippen LogP) is 2.42. The predicted molar refractivity (Wildman–Crippen MR) is 125 cm³/mol. The fraction of sp³-hybridized carbons (Fsp3) is 0.455. The summed E-state index contributed by atoms with van der Waals surface area (Å²) in [6.07, 6.45) is -0.551. The lowest BCUT2D eigenvalue weighted by Gasteiger charge is -2.32. The van der Waals surface area contributed by atoms with Crippen molar-refractivity contribution in [1.82, 2.24) is 19.5 Å². The summed E-state index contributed by atoms with van der Waals surface area (Å²) in [6, 6.07) is 19.5. The maximum Gasteiger partial charge on any atom is 0.251 e. The van der Waals surface area contributed by atoms with Crippen LogP contribution in [0.2, 0.25) is 0 Å². The van der Waals surface area contributed by atoms with Crippen LogP contribution in [-0.4, -0.2) is 48.6 Å². The minimum Gasteiger partial charge on any atom is -0.626 e. The van der Waals surface area contributed by atoms with Crippen LogP contribution in [0, 0.1) is 0 Å². The Kier molecular flexibility index (Phi) is 7.30. The average molecular weight is 478 g/mol. The van der Waals surface area contributed by atoms with E-state index in [0.29, 0.717) is 13.1 Å². The molecule has 2 N–H and O–H groups in total. The fourth-order valence-electron chi connectivity index (χ4n) is 4.16. The van der Waals surface area contributed by atoms with Gasteiger partial charge in [0.15, 0.2) is 0 Å². The highest BCUT2D eigenvalue weighted by Gasteiger charge is 2.53. The standard InChI is InChI=1S/C22H32N4O4P2/c1-17-21(19-11-7-5-8-12-19)29-31(27,25(17)3)23-15-16-24-32(28)26(4)18(2)22(30-32)20-13-9-6-10-14-20/h5-14,17-18,21-22H,15-16H2,1-4H3,(H,23,27)(H,24,28)/t17-,18-,21-,22-,31?,32?/m0/s1. The van der Waals surface area contributed by atoms with Crippen molar-refractivity contribution in [3.8, 4) is 0 Å². The van der Waals surface area contributed by atoms with Gasteiger partial charge in [0.2, 0.25) is 0 Å². The summed E-state index contributed by atoms with van der Waals surface area (Å²) >= 11 is 0. The summed E-state index contributed by atoms with van der Waals surface area (Å²) in [5.74, 6) is 0. The molecule has 2 aromatic carbocycles. The molecule has 174 valence electrons. The zero-order valence-electron chi connectivity index (χ0n) is 18.9.